The quantitative estimate of drug-likeness (QED) is 0.406. The highest BCUT2D eigenvalue weighted by atomic mass is 16.6. The molecule has 1 heterocycles. The fourth-order valence-corrected chi connectivity index (χ4v) is 2.17. The lowest BCUT2D eigenvalue weighted by molar-refractivity contribution is -0.383. The van der Waals surface area contributed by atoms with Gasteiger partial charge in [-0.1, -0.05) is 12.2 Å². The molecule has 8 nitrogen and oxygen atoms in total. The summed E-state index contributed by atoms with van der Waals surface area (Å²) >= 11 is 0. The molecular formula is C11H15N5O3. The Balaban J connectivity index is 2.20. The van der Waals surface area contributed by atoms with Crippen LogP contribution in [0.3, 0.4) is 0 Å². The van der Waals surface area contributed by atoms with E-state index in [1.54, 1.807) is 0 Å². The lowest BCUT2D eigenvalue weighted by atomic mass is 10.0. The molecule has 1 aromatic heterocycles. The van der Waals surface area contributed by atoms with Gasteiger partial charge in [0.2, 0.25) is 11.6 Å². The van der Waals surface area contributed by atoms with Gasteiger partial charge < -0.3 is 16.2 Å². The SMILES string of the molecule is Nc1ncnc(N[C@H]2CC=C[C@@H]2CCO)c1[N+](=O)[O-]. The smallest absolute Gasteiger partial charge is 0.352 e. The number of hydrogen-bond acceptors (Lipinski definition) is 7. The molecule has 1 aliphatic rings. The maximum atomic E-state index is 11.0. The van der Waals surface area contributed by atoms with Gasteiger partial charge in [-0.15, -0.1) is 0 Å². The Morgan fingerprint density at radius 3 is 3.05 bits per heavy atom. The summed E-state index contributed by atoms with van der Waals surface area (Å²) < 4.78 is 0. The number of nitrogen functional groups attached to an aromatic ring is 1. The predicted molar refractivity (Wildman–Crippen MR) is 69.5 cm³/mol. The van der Waals surface area contributed by atoms with Gasteiger partial charge in [0.25, 0.3) is 0 Å². The number of rotatable bonds is 5. The first kappa shape index (κ1) is 13.2. The van der Waals surface area contributed by atoms with Crippen molar-refractivity contribution < 1.29 is 10.0 Å². The molecule has 0 spiro atoms. The van der Waals surface area contributed by atoms with Crippen LogP contribution in [0.25, 0.3) is 0 Å². The number of aliphatic hydroxyl groups excluding tert-OH is 1. The van der Waals surface area contributed by atoms with Crippen molar-refractivity contribution in [3.05, 3.63) is 28.6 Å². The number of anilines is 2. The standard InChI is InChI=1S/C11H15N5O3/c12-10-9(16(18)19)11(14-6-13-10)15-8-3-1-2-7(8)4-5-17/h1-2,6-8,17H,3-5H2,(H3,12,13,14,15)/t7-,8+/m1/s1. The van der Waals surface area contributed by atoms with Crippen LogP contribution >= 0.6 is 0 Å². The summed E-state index contributed by atoms with van der Waals surface area (Å²) in [6.45, 7) is 0.0706. The number of nitro groups is 1. The zero-order chi connectivity index (χ0) is 13.8. The molecule has 0 fully saturated rings. The van der Waals surface area contributed by atoms with Crippen LogP contribution in [0.5, 0.6) is 0 Å². The van der Waals surface area contributed by atoms with E-state index in [4.69, 9.17) is 10.8 Å². The number of nitrogens with zero attached hydrogens (tertiary/aromatic N) is 3. The summed E-state index contributed by atoms with van der Waals surface area (Å²) in [5.74, 6) is 0.0853. The first-order valence-corrected chi connectivity index (χ1v) is 5.92. The molecular weight excluding hydrogens is 250 g/mol. The molecule has 8 heteroatoms. The second kappa shape index (κ2) is 5.61. The zero-order valence-corrected chi connectivity index (χ0v) is 10.2. The van der Waals surface area contributed by atoms with Crippen molar-refractivity contribution in [1.29, 1.82) is 0 Å². The minimum Gasteiger partial charge on any atom is -0.396 e. The highest BCUT2D eigenvalue weighted by Crippen LogP contribution is 2.30. The summed E-state index contributed by atoms with van der Waals surface area (Å²) in [7, 11) is 0. The van der Waals surface area contributed by atoms with Crippen LogP contribution in [0.1, 0.15) is 12.8 Å². The molecule has 19 heavy (non-hydrogen) atoms. The van der Waals surface area contributed by atoms with Crippen LogP contribution in [-0.2, 0) is 0 Å². The first-order chi connectivity index (χ1) is 9.13. The molecule has 0 saturated heterocycles. The Labute approximate surface area is 109 Å². The molecule has 4 N–H and O–H groups in total. The van der Waals surface area contributed by atoms with E-state index in [1.165, 1.54) is 6.33 Å². The van der Waals surface area contributed by atoms with Crippen LogP contribution in [-0.4, -0.2) is 32.6 Å². The van der Waals surface area contributed by atoms with Crippen molar-refractivity contribution in [2.75, 3.05) is 17.7 Å². The summed E-state index contributed by atoms with van der Waals surface area (Å²) in [5.41, 5.74) is 5.19. The fourth-order valence-electron chi connectivity index (χ4n) is 2.17. The number of nitrogens with one attached hydrogen (secondary N) is 1. The van der Waals surface area contributed by atoms with Crippen molar-refractivity contribution in [1.82, 2.24) is 9.97 Å². The lowest BCUT2D eigenvalue weighted by Crippen LogP contribution is -2.26. The highest BCUT2D eigenvalue weighted by Gasteiger charge is 2.27. The van der Waals surface area contributed by atoms with Gasteiger partial charge in [-0.05, 0) is 18.8 Å². The Bertz CT molecular complexity index is 505. The summed E-state index contributed by atoms with van der Waals surface area (Å²) in [6.07, 6.45) is 6.49. The van der Waals surface area contributed by atoms with Gasteiger partial charge in [0.1, 0.15) is 6.33 Å². The van der Waals surface area contributed by atoms with Crippen molar-refractivity contribution >= 4 is 17.3 Å². The van der Waals surface area contributed by atoms with Gasteiger partial charge in [-0.2, -0.15) is 0 Å². The Hall–Kier alpha value is -2.22. The normalized spacial score (nSPS) is 21.5. The van der Waals surface area contributed by atoms with E-state index in [0.29, 0.717) is 6.42 Å². The lowest BCUT2D eigenvalue weighted by Gasteiger charge is -2.20. The number of nitrogens with two attached hydrogens (primary N) is 1. The Kier molecular flexibility index (Phi) is 3.91. The van der Waals surface area contributed by atoms with E-state index in [2.05, 4.69) is 15.3 Å². The maximum Gasteiger partial charge on any atom is 0.352 e. The predicted octanol–water partition coefficient (Wildman–Crippen LogP) is 0.706. The van der Waals surface area contributed by atoms with E-state index in [9.17, 15) is 10.1 Å². The van der Waals surface area contributed by atoms with E-state index in [0.717, 1.165) is 6.42 Å². The largest absolute Gasteiger partial charge is 0.396 e. The molecule has 2 atom stereocenters. The Morgan fingerprint density at radius 2 is 2.37 bits per heavy atom. The van der Waals surface area contributed by atoms with E-state index in [-0.39, 0.29) is 35.9 Å². The van der Waals surface area contributed by atoms with Gasteiger partial charge in [-0.3, -0.25) is 10.1 Å². The monoisotopic (exact) mass is 265 g/mol. The second-order valence-corrected chi connectivity index (χ2v) is 4.30. The third-order valence-corrected chi connectivity index (χ3v) is 3.11. The highest BCUT2D eigenvalue weighted by molar-refractivity contribution is 5.67. The number of aromatic nitrogens is 2. The van der Waals surface area contributed by atoms with Crippen molar-refractivity contribution in [3.63, 3.8) is 0 Å². The van der Waals surface area contributed by atoms with Crippen molar-refractivity contribution in [2.24, 2.45) is 5.92 Å². The minimum atomic E-state index is -0.596. The van der Waals surface area contributed by atoms with Gasteiger partial charge in [0, 0.05) is 12.6 Å². The third kappa shape index (κ3) is 2.79. The van der Waals surface area contributed by atoms with E-state index < -0.39 is 4.92 Å². The van der Waals surface area contributed by atoms with E-state index in [1.807, 2.05) is 12.2 Å². The fraction of sp³-hybridized carbons (Fsp3) is 0.455. The van der Waals surface area contributed by atoms with Crippen LogP contribution in [0.4, 0.5) is 17.3 Å². The molecule has 102 valence electrons. The third-order valence-electron chi connectivity index (χ3n) is 3.11. The maximum absolute atomic E-state index is 11.0. The molecule has 0 aliphatic heterocycles. The van der Waals surface area contributed by atoms with Gasteiger partial charge in [-0.25, -0.2) is 9.97 Å². The Morgan fingerprint density at radius 1 is 1.58 bits per heavy atom. The van der Waals surface area contributed by atoms with E-state index >= 15 is 0 Å². The summed E-state index contributed by atoms with van der Waals surface area (Å²) in [6, 6.07) is -0.0276. The number of aliphatic hydroxyl groups is 1. The molecule has 0 unspecified atom stereocenters. The molecule has 2 rings (SSSR count). The van der Waals surface area contributed by atoms with Crippen LogP contribution in [0, 0.1) is 16.0 Å². The number of hydrogen-bond donors (Lipinski definition) is 3. The first-order valence-electron chi connectivity index (χ1n) is 5.92. The molecule has 1 aromatic rings. The summed E-state index contributed by atoms with van der Waals surface area (Å²) in [5, 5.41) is 23.0. The van der Waals surface area contributed by atoms with Crippen molar-refractivity contribution in [2.45, 2.75) is 18.9 Å². The van der Waals surface area contributed by atoms with Gasteiger partial charge in [0.05, 0.1) is 4.92 Å². The molecule has 0 amide bonds. The molecule has 0 aromatic carbocycles. The van der Waals surface area contributed by atoms with Crippen molar-refractivity contribution in [3.8, 4) is 0 Å². The van der Waals surface area contributed by atoms with Gasteiger partial charge in [0.15, 0.2) is 0 Å². The average molecular weight is 265 g/mol. The summed E-state index contributed by atoms with van der Waals surface area (Å²) in [4.78, 5) is 17.9. The topological polar surface area (TPSA) is 127 Å². The average Bonchev–Trinajstić information content (AvgIpc) is 2.77. The molecule has 0 radical (unpaired) electrons. The molecule has 0 saturated carbocycles. The zero-order valence-electron chi connectivity index (χ0n) is 10.2. The minimum absolute atomic E-state index is 0.0276. The van der Waals surface area contributed by atoms with Crippen LogP contribution in [0.2, 0.25) is 0 Å². The van der Waals surface area contributed by atoms with Crippen LogP contribution in [0.15, 0.2) is 18.5 Å². The second-order valence-electron chi connectivity index (χ2n) is 4.30. The van der Waals surface area contributed by atoms with Gasteiger partial charge >= 0.3 is 5.69 Å². The molecule has 1 aliphatic carbocycles. The molecule has 0 bridgehead atoms. The van der Waals surface area contributed by atoms with Crippen LogP contribution < -0.4 is 11.1 Å².